The lowest BCUT2D eigenvalue weighted by Crippen LogP contribution is -2.03. The molecule has 0 saturated heterocycles. The zero-order chi connectivity index (χ0) is 13.0. The largest absolute Gasteiger partial charge is 0.289 e. The van der Waals surface area contributed by atoms with Crippen molar-refractivity contribution in [1.82, 2.24) is 0 Å². The van der Waals surface area contributed by atoms with E-state index in [-0.39, 0.29) is 5.78 Å². The molecule has 0 amide bonds. The van der Waals surface area contributed by atoms with E-state index in [1.807, 2.05) is 60.7 Å². The molecule has 18 heavy (non-hydrogen) atoms. The number of halogens is 2. The first-order valence-electron chi connectivity index (χ1n) is 5.40. The summed E-state index contributed by atoms with van der Waals surface area (Å²) in [6.45, 7) is 0. The predicted octanol–water partition coefficient (Wildman–Crippen LogP) is 5.07. The van der Waals surface area contributed by atoms with Crippen LogP contribution in [-0.4, -0.2) is 5.78 Å². The van der Waals surface area contributed by atoms with Gasteiger partial charge in [0.05, 0.1) is 8.06 Å². The fourth-order valence-corrected chi connectivity index (χ4v) is 2.63. The molecule has 0 fully saturated rings. The van der Waals surface area contributed by atoms with Crippen molar-refractivity contribution in [2.45, 2.75) is 0 Å². The summed E-state index contributed by atoms with van der Waals surface area (Å²) in [4.78, 5) is 12.5. The van der Waals surface area contributed by atoms with Crippen molar-refractivity contribution in [2.75, 3.05) is 0 Å². The van der Waals surface area contributed by atoms with Gasteiger partial charge in [-0.05, 0) is 44.1 Å². The molecule has 0 spiro atoms. The van der Waals surface area contributed by atoms with Gasteiger partial charge in [-0.1, -0.05) is 60.7 Å². The summed E-state index contributed by atoms with van der Waals surface area (Å²) in [5, 5.41) is 0. The summed E-state index contributed by atoms with van der Waals surface area (Å²) in [7, 11) is 0. The molecule has 90 valence electrons. The van der Waals surface area contributed by atoms with Gasteiger partial charge >= 0.3 is 0 Å². The van der Waals surface area contributed by atoms with E-state index in [2.05, 4.69) is 38.5 Å². The number of allylic oxidation sites excluding steroid dienone is 1. The molecule has 0 bridgehead atoms. The number of ketones is 1. The first kappa shape index (κ1) is 13.5. The zero-order valence-corrected chi connectivity index (χ0v) is 13.2. The summed E-state index contributed by atoms with van der Waals surface area (Å²) in [6, 6.07) is 19.0. The first-order valence-corrected chi connectivity index (χ1v) is 7.28. The Labute approximate surface area is 128 Å². The van der Waals surface area contributed by atoms with Crippen molar-refractivity contribution >= 4 is 49.9 Å². The number of rotatable bonds is 3. The lowest BCUT2D eigenvalue weighted by molar-refractivity contribution is 0.105. The molecule has 0 N–H and O–H groups in total. The lowest BCUT2D eigenvalue weighted by atomic mass is 9.98. The Morgan fingerprint density at radius 2 is 1.28 bits per heavy atom. The van der Waals surface area contributed by atoms with E-state index in [0.29, 0.717) is 11.1 Å². The Morgan fingerprint density at radius 3 is 1.72 bits per heavy atom. The molecule has 0 saturated carbocycles. The molecule has 2 aromatic carbocycles. The van der Waals surface area contributed by atoms with E-state index in [0.717, 1.165) is 8.05 Å². The van der Waals surface area contributed by atoms with Gasteiger partial charge in [0.25, 0.3) is 0 Å². The van der Waals surface area contributed by atoms with Crippen molar-refractivity contribution in [3.8, 4) is 0 Å². The molecule has 0 aromatic heterocycles. The Bertz CT molecular complexity index is 572. The molecule has 3 heteroatoms. The molecular formula is C15H10BrIO. The van der Waals surface area contributed by atoms with Gasteiger partial charge in [-0.2, -0.15) is 0 Å². The maximum atomic E-state index is 12.5. The van der Waals surface area contributed by atoms with Gasteiger partial charge in [-0.25, -0.2) is 0 Å². The summed E-state index contributed by atoms with van der Waals surface area (Å²) in [6.07, 6.45) is 0. The van der Waals surface area contributed by atoms with Crippen LogP contribution in [-0.2, 0) is 0 Å². The smallest absolute Gasteiger partial charge is 0.195 e. The molecule has 2 rings (SSSR count). The Hall–Kier alpha value is -0.940. The maximum absolute atomic E-state index is 12.5. The van der Waals surface area contributed by atoms with Crippen molar-refractivity contribution < 1.29 is 4.79 Å². The number of carbonyl (C=O) groups is 1. The number of benzene rings is 2. The molecule has 0 unspecified atom stereocenters. The van der Waals surface area contributed by atoms with Crippen LogP contribution < -0.4 is 0 Å². The summed E-state index contributed by atoms with van der Waals surface area (Å²) < 4.78 is 0.820. The Balaban J connectivity index is 2.47. The maximum Gasteiger partial charge on any atom is 0.195 e. The van der Waals surface area contributed by atoms with Crippen LogP contribution in [0.25, 0.3) is 5.57 Å². The number of carbonyl (C=O) groups excluding carboxylic acids is 1. The normalized spacial score (nSPS) is 11.9. The minimum atomic E-state index is 0.0306. The second-order valence-electron chi connectivity index (χ2n) is 3.70. The molecule has 0 aliphatic carbocycles. The van der Waals surface area contributed by atoms with Crippen LogP contribution in [0.1, 0.15) is 15.9 Å². The number of hydrogen-bond donors (Lipinski definition) is 0. The van der Waals surface area contributed by atoms with Crippen LogP contribution in [0.4, 0.5) is 0 Å². The fraction of sp³-hybridized carbons (Fsp3) is 0. The Kier molecular flexibility index (Phi) is 4.72. The summed E-state index contributed by atoms with van der Waals surface area (Å²) in [5.41, 5.74) is 2.32. The second kappa shape index (κ2) is 6.29. The molecule has 2 aromatic rings. The highest BCUT2D eigenvalue weighted by Gasteiger charge is 2.16. The van der Waals surface area contributed by atoms with E-state index < -0.39 is 0 Å². The minimum Gasteiger partial charge on any atom is -0.289 e. The fourth-order valence-electron chi connectivity index (χ4n) is 1.66. The molecule has 0 aliphatic rings. The van der Waals surface area contributed by atoms with Crippen molar-refractivity contribution in [1.29, 1.82) is 0 Å². The summed E-state index contributed by atoms with van der Waals surface area (Å²) in [5.74, 6) is 0.0306. The number of Topliss-reactive ketones (excluding diaryl/α,β-unsaturated/α-hetero) is 1. The van der Waals surface area contributed by atoms with E-state index in [9.17, 15) is 4.79 Å². The minimum absolute atomic E-state index is 0.0306. The zero-order valence-electron chi connectivity index (χ0n) is 9.44. The van der Waals surface area contributed by atoms with Gasteiger partial charge in [0.15, 0.2) is 5.78 Å². The Morgan fingerprint density at radius 1 is 0.833 bits per heavy atom. The van der Waals surface area contributed by atoms with Crippen molar-refractivity contribution in [3.05, 3.63) is 74.3 Å². The topological polar surface area (TPSA) is 17.1 Å². The van der Waals surface area contributed by atoms with Gasteiger partial charge in [0.2, 0.25) is 0 Å². The van der Waals surface area contributed by atoms with Gasteiger partial charge in [-0.3, -0.25) is 4.79 Å². The van der Waals surface area contributed by atoms with Gasteiger partial charge in [0, 0.05) is 5.56 Å². The van der Waals surface area contributed by atoms with E-state index >= 15 is 0 Å². The van der Waals surface area contributed by atoms with E-state index in [1.54, 1.807) is 0 Å². The van der Waals surface area contributed by atoms with Crippen molar-refractivity contribution in [2.24, 2.45) is 0 Å². The van der Waals surface area contributed by atoms with E-state index in [4.69, 9.17) is 0 Å². The molecule has 0 radical (unpaired) electrons. The molecule has 0 atom stereocenters. The second-order valence-corrected chi connectivity index (χ2v) is 7.05. The predicted molar refractivity (Wildman–Crippen MR) is 87.1 cm³/mol. The molecule has 1 nitrogen and oxygen atoms in total. The van der Waals surface area contributed by atoms with Crippen LogP contribution >= 0.6 is 38.5 Å². The van der Waals surface area contributed by atoms with Gasteiger partial charge in [0.1, 0.15) is 0 Å². The monoisotopic (exact) mass is 412 g/mol. The summed E-state index contributed by atoms with van der Waals surface area (Å²) >= 11 is 5.55. The quantitative estimate of drug-likeness (QED) is 0.391. The van der Waals surface area contributed by atoms with Crippen LogP contribution in [0, 0.1) is 0 Å². The third-order valence-electron chi connectivity index (χ3n) is 2.51. The van der Waals surface area contributed by atoms with Crippen LogP contribution in [0.15, 0.2) is 63.2 Å². The number of hydrogen-bond acceptors (Lipinski definition) is 1. The molecule has 0 heterocycles. The van der Waals surface area contributed by atoms with Gasteiger partial charge in [-0.15, -0.1) is 0 Å². The average molecular weight is 413 g/mol. The lowest BCUT2D eigenvalue weighted by Gasteiger charge is -2.07. The molecular weight excluding hydrogens is 403 g/mol. The first-order chi connectivity index (χ1) is 8.70. The molecule has 0 aliphatic heterocycles. The standard InChI is InChI=1S/C15H10BrIO/c16-15(17)13(11-7-3-1-4-8-11)14(18)12-9-5-2-6-10-12/h1-10H/b15-13+. The van der Waals surface area contributed by atoms with Crippen LogP contribution in [0.3, 0.4) is 0 Å². The third kappa shape index (κ3) is 3.09. The van der Waals surface area contributed by atoms with E-state index in [1.165, 1.54) is 0 Å². The third-order valence-corrected chi connectivity index (χ3v) is 3.45. The van der Waals surface area contributed by atoms with Gasteiger partial charge < -0.3 is 0 Å². The highest BCUT2D eigenvalue weighted by atomic mass is 127. The van der Waals surface area contributed by atoms with Crippen LogP contribution in [0.5, 0.6) is 0 Å². The highest BCUT2D eigenvalue weighted by molar-refractivity contribution is 14.1. The average Bonchev–Trinajstić information content (AvgIpc) is 2.40. The van der Waals surface area contributed by atoms with Crippen molar-refractivity contribution in [3.63, 3.8) is 0 Å². The SMILES string of the molecule is O=C(/C(=C(\Br)I)c1ccccc1)c1ccccc1. The highest BCUT2D eigenvalue weighted by Crippen LogP contribution is 2.30. The van der Waals surface area contributed by atoms with Crippen LogP contribution in [0.2, 0.25) is 0 Å².